The SMILES string of the molecule is C[C@H]1[C@@H](OCCCCCOc2ccc3ncnc(Nc4ccc(F)c(Cl)c4)c3c2)O[C@@H]2O[C@@]3(C)CC[C@H]4[C@H](C)CC[C@@H]1[C@@]24OO3. The van der Waals surface area contributed by atoms with Gasteiger partial charge in [0.15, 0.2) is 18.2 Å². The zero-order valence-electron chi connectivity index (χ0n) is 26.0. The minimum absolute atomic E-state index is 0.0403. The molecule has 3 aromatic rings. The highest BCUT2D eigenvalue weighted by Crippen LogP contribution is 2.60. The fourth-order valence-corrected chi connectivity index (χ4v) is 7.95. The lowest BCUT2D eigenvalue weighted by molar-refractivity contribution is -0.577. The molecule has 1 spiro atoms. The summed E-state index contributed by atoms with van der Waals surface area (Å²) in [6.45, 7) is 7.66. The van der Waals surface area contributed by atoms with Gasteiger partial charge in [-0.1, -0.05) is 25.4 Å². The number of aromatic nitrogens is 2. The monoisotopic (exact) mass is 641 g/mol. The van der Waals surface area contributed by atoms with Crippen LogP contribution < -0.4 is 10.1 Å². The van der Waals surface area contributed by atoms with Gasteiger partial charge in [0, 0.05) is 35.9 Å². The molecule has 8 atom stereocenters. The summed E-state index contributed by atoms with van der Waals surface area (Å²) >= 11 is 5.95. The van der Waals surface area contributed by atoms with Crippen molar-refractivity contribution in [2.24, 2.45) is 23.7 Å². The normalized spacial score (nSPS) is 33.9. The van der Waals surface area contributed by atoms with Crippen molar-refractivity contribution < 1.29 is 33.1 Å². The van der Waals surface area contributed by atoms with Gasteiger partial charge in [0.05, 0.1) is 17.1 Å². The summed E-state index contributed by atoms with van der Waals surface area (Å²) in [4.78, 5) is 20.9. The highest BCUT2D eigenvalue weighted by Gasteiger charge is 2.69. The van der Waals surface area contributed by atoms with Gasteiger partial charge in [0.2, 0.25) is 5.79 Å². The van der Waals surface area contributed by atoms with Gasteiger partial charge in [-0.15, -0.1) is 0 Å². The van der Waals surface area contributed by atoms with Crippen LogP contribution in [0, 0.1) is 29.5 Å². The van der Waals surface area contributed by atoms with Crippen LogP contribution in [-0.4, -0.2) is 47.1 Å². The van der Waals surface area contributed by atoms with Gasteiger partial charge in [-0.2, -0.15) is 0 Å². The van der Waals surface area contributed by atoms with Gasteiger partial charge in [-0.05, 0) is 93.7 Å². The summed E-state index contributed by atoms with van der Waals surface area (Å²) in [5.74, 6) is 1.37. The molecule has 1 aromatic heterocycles. The maximum atomic E-state index is 13.6. The summed E-state index contributed by atoms with van der Waals surface area (Å²) in [5, 5.41) is 4.04. The van der Waals surface area contributed by atoms with Crippen LogP contribution in [0.4, 0.5) is 15.9 Å². The largest absolute Gasteiger partial charge is 0.494 e. The number of halogens is 2. The molecule has 242 valence electrons. The molecule has 5 aliphatic rings. The zero-order chi connectivity index (χ0) is 31.2. The Kier molecular flexibility index (Phi) is 8.65. The summed E-state index contributed by atoms with van der Waals surface area (Å²) < 4.78 is 39.0. The smallest absolute Gasteiger partial charge is 0.201 e. The molecule has 4 saturated heterocycles. The Hall–Kier alpha value is -2.60. The van der Waals surface area contributed by atoms with Crippen LogP contribution in [-0.2, 0) is 24.0 Å². The number of hydrogen-bond donors (Lipinski definition) is 1. The molecule has 0 amide bonds. The Morgan fingerprint density at radius 2 is 1.87 bits per heavy atom. The molecule has 0 radical (unpaired) electrons. The van der Waals surface area contributed by atoms with E-state index < -0.39 is 23.5 Å². The predicted molar refractivity (Wildman–Crippen MR) is 166 cm³/mol. The van der Waals surface area contributed by atoms with Crippen molar-refractivity contribution in [1.29, 1.82) is 0 Å². The Morgan fingerprint density at radius 1 is 1.00 bits per heavy atom. The molecule has 9 nitrogen and oxygen atoms in total. The van der Waals surface area contributed by atoms with Crippen molar-refractivity contribution in [3.05, 3.63) is 53.6 Å². The van der Waals surface area contributed by atoms with Crippen molar-refractivity contribution in [3.8, 4) is 5.75 Å². The molecule has 1 N–H and O–H groups in total. The van der Waals surface area contributed by atoms with Crippen molar-refractivity contribution >= 4 is 34.0 Å². The fourth-order valence-electron chi connectivity index (χ4n) is 7.77. The van der Waals surface area contributed by atoms with Crippen LogP contribution in [0.25, 0.3) is 10.9 Å². The molecule has 1 saturated carbocycles. The van der Waals surface area contributed by atoms with Gasteiger partial charge in [0.25, 0.3) is 0 Å². The van der Waals surface area contributed by atoms with Crippen LogP contribution in [0.3, 0.4) is 0 Å². The summed E-state index contributed by atoms with van der Waals surface area (Å²) in [6.07, 6.45) is 7.44. The molecule has 11 heteroatoms. The van der Waals surface area contributed by atoms with Crippen molar-refractivity contribution in [2.45, 2.75) is 89.7 Å². The number of fused-ring (bicyclic) bond motifs is 3. The molecule has 0 unspecified atom stereocenters. The van der Waals surface area contributed by atoms with Gasteiger partial charge in [-0.25, -0.2) is 24.1 Å². The second-order valence-electron chi connectivity index (χ2n) is 13.2. The molecule has 5 fully saturated rings. The minimum atomic E-state index is -0.782. The summed E-state index contributed by atoms with van der Waals surface area (Å²) in [5.41, 5.74) is 0.833. The second-order valence-corrected chi connectivity index (χ2v) is 13.6. The quantitative estimate of drug-likeness (QED) is 0.175. The van der Waals surface area contributed by atoms with Gasteiger partial charge >= 0.3 is 0 Å². The highest BCUT2D eigenvalue weighted by atomic mass is 35.5. The lowest BCUT2D eigenvalue weighted by Crippen LogP contribution is -2.70. The number of ether oxygens (including phenoxy) is 4. The van der Waals surface area contributed by atoms with Crippen LogP contribution in [0.2, 0.25) is 5.02 Å². The first kappa shape index (κ1) is 31.0. The molecule has 4 aliphatic heterocycles. The first-order valence-corrected chi connectivity index (χ1v) is 16.5. The number of benzene rings is 2. The number of anilines is 2. The average Bonchev–Trinajstić information content (AvgIpc) is 3.26. The first-order valence-electron chi connectivity index (χ1n) is 16.2. The van der Waals surface area contributed by atoms with Crippen LogP contribution >= 0.6 is 11.6 Å². The van der Waals surface area contributed by atoms with E-state index in [9.17, 15) is 4.39 Å². The third-order valence-corrected chi connectivity index (χ3v) is 10.5. The Balaban J connectivity index is 0.900. The van der Waals surface area contributed by atoms with E-state index in [0.717, 1.165) is 55.2 Å². The molecular weight excluding hydrogens is 601 g/mol. The molecule has 1 aliphatic carbocycles. The molecule has 2 aromatic carbocycles. The number of rotatable bonds is 10. The second kappa shape index (κ2) is 12.5. The van der Waals surface area contributed by atoms with Crippen molar-refractivity contribution in [1.82, 2.24) is 9.97 Å². The van der Waals surface area contributed by atoms with E-state index in [4.69, 9.17) is 40.3 Å². The number of nitrogens with one attached hydrogen (secondary N) is 1. The van der Waals surface area contributed by atoms with Gasteiger partial charge < -0.3 is 24.3 Å². The Labute approximate surface area is 268 Å². The number of hydrogen-bond acceptors (Lipinski definition) is 9. The maximum Gasteiger partial charge on any atom is 0.201 e. The topological polar surface area (TPSA) is 93.2 Å². The lowest BCUT2D eigenvalue weighted by atomic mass is 9.58. The standard InChI is InChI=1S/C34H41ClFN3O6/c1-20-7-10-26-21(2)31(42-32-34(26)25(20)13-14-33(3,43-32)44-45-34)41-16-6-4-5-15-40-23-9-12-29-24(18-23)30(38-19-37-29)39-22-8-11-28(36)27(35)17-22/h8-9,11-12,17-21,25-26,31-32H,4-7,10,13-16H2,1-3H3,(H,37,38,39)/t20-,21-,25+,26+,31+,32-,33-,34-/m1/s1. The van der Waals surface area contributed by atoms with Crippen molar-refractivity contribution in [2.75, 3.05) is 18.5 Å². The third-order valence-electron chi connectivity index (χ3n) is 10.2. The van der Waals surface area contributed by atoms with E-state index in [-0.39, 0.29) is 23.1 Å². The molecular formula is C34H41ClFN3O6. The Bertz CT molecular complexity index is 1530. The van der Waals surface area contributed by atoms with E-state index in [1.54, 1.807) is 6.07 Å². The lowest BCUT2D eigenvalue weighted by Gasteiger charge is -2.60. The zero-order valence-corrected chi connectivity index (χ0v) is 26.7. The van der Waals surface area contributed by atoms with E-state index in [0.29, 0.717) is 36.6 Å². The van der Waals surface area contributed by atoms with E-state index in [1.807, 2.05) is 25.1 Å². The van der Waals surface area contributed by atoms with E-state index in [1.165, 1.54) is 24.9 Å². The number of nitrogens with zero attached hydrogens (tertiary/aromatic N) is 2. The average molecular weight is 642 g/mol. The van der Waals surface area contributed by atoms with Gasteiger partial charge in [0.1, 0.15) is 23.7 Å². The molecule has 45 heavy (non-hydrogen) atoms. The summed E-state index contributed by atoms with van der Waals surface area (Å²) in [6, 6.07) is 10.2. The summed E-state index contributed by atoms with van der Waals surface area (Å²) in [7, 11) is 0. The van der Waals surface area contributed by atoms with Crippen molar-refractivity contribution in [3.63, 3.8) is 0 Å². The van der Waals surface area contributed by atoms with E-state index >= 15 is 0 Å². The van der Waals surface area contributed by atoms with Gasteiger partial charge in [-0.3, -0.25) is 0 Å². The third kappa shape index (κ3) is 5.90. The minimum Gasteiger partial charge on any atom is -0.494 e. The molecule has 8 rings (SSSR count). The fraction of sp³-hybridized carbons (Fsp3) is 0.588. The van der Waals surface area contributed by atoms with Crippen LogP contribution in [0.5, 0.6) is 5.75 Å². The number of unbranched alkanes of at least 4 members (excludes halogenated alkanes) is 2. The van der Waals surface area contributed by atoms with E-state index in [2.05, 4.69) is 29.1 Å². The molecule has 2 bridgehead atoms. The first-order chi connectivity index (χ1) is 21.8. The Morgan fingerprint density at radius 3 is 2.73 bits per heavy atom. The van der Waals surface area contributed by atoms with Crippen LogP contribution in [0.15, 0.2) is 42.7 Å². The molecule has 5 heterocycles. The maximum absolute atomic E-state index is 13.6. The highest BCUT2D eigenvalue weighted by molar-refractivity contribution is 6.31. The predicted octanol–water partition coefficient (Wildman–Crippen LogP) is 7.94. The van der Waals surface area contributed by atoms with Crippen LogP contribution in [0.1, 0.15) is 65.7 Å².